The number of carbonyl (C=O) groups excluding carboxylic acids is 2. The van der Waals surface area contributed by atoms with Crippen LogP contribution in [0, 0.1) is 0 Å². The van der Waals surface area contributed by atoms with Gasteiger partial charge in [-0.05, 0) is 33.4 Å². The highest BCUT2D eigenvalue weighted by molar-refractivity contribution is 6.30. The predicted molar refractivity (Wildman–Crippen MR) is 136 cm³/mol. The summed E-state index contributed by atoms with van der Waals surface area (Å²) < 4.78 is 11.8. The highest BCUT2D eigenvalue weighted by Gasteiger charge is 2.81. The number of hydrogen-bond donors (Lipinski definition) is 0. The van der Waals surface area contributed by atoms with Crippen LogP contribution in [0.25, 0.3) is 11.1 Å². The molecule has 4 heteroatoms. The monoisotopic (exact) mass is 470 g/mol. The molecule has 1 heterocycles. The number of benzene rings is 4. The highest BCUT2D eigenvalue weighted by atomic mass is 16.8. The van der Waals surface area contributed by atoms with Gasteiger partial charge in [0.15, 0.2) is 18.0 Å². The van der Waals surface area contributed by atoms with E-state index >= 15 is 4.79 Å². The van der Waals surface area contributed by atoms with Gasteiger partial charge in [-0.25, -0.2) is 4.79 Å². The minimum absolute atomic E-state index is 0.0207. The quantitative estimate of drug-likeness (QED) is 0.345. The molecule has 0 spiro atoms. The van der Waals surface area contributed by atoms with Crippen LogP contribution in [0.4, 0.5) is 4.79 Å². The van der Waals surface area contributed by atoms with Gasteiger partial charge in [0.1, 0.15) is 10.8 Å². The zero-order valence-electron chi connectivity index (χ0n) is 19.3. The summed E-state index contributed by atoms with van der Waals surface area (Å²) in [4.78, 5) is 27.9. The average molecular weight is 471 g/mol. The third-order valence-corrected chi connectivity index (χ3v) is 7.91. The second-order valence-corrected chi connectivity index (χ2v) is 9.49. The molecule has 0 amide bonds. The van der Waals surface area contributed by atoms with Crippen LogP contribution >= 0.6 is 0 Å². The third kappa shape index (κ3) is 2.43. The fourth-order valence-corrected chi connectivity index (χ4v) is 6.70. The predicted octanol–water partition coefficient (Wildman–Crippen LogP) is 5.97. The maximum Gasteiger partial charge on any atom is 0.509 e. The molecule has 4 aromatic carbocycles. The van der Waals surface area contributed by atoms with Crippen LogP contribution in [0.1, 0.15) is 22.3 Å². The van der Waals surface area contributed by atoms with Gasteiger partial charge in [-0.15, -0.1) is 0 Å². The van der Waals surface area contributed by atoms with Crippen LogP contribution in [0.3, 0.4) is 0 Å². The van der Waals surface area contributed by atoms with Gasteiger partial charge < -0.3 is 9.47 Å². The number of hydrogen-bond acceptors (Lipinski definition) is 4. The average Bonchev–Trinajstić information content (AvgIpc) is 3.51. The maximum atomic E-state index is 15.2. The van der Waals surface area contributed by atoms with Crippen LogP contribution in [0.2, 0.25) is 0 Å². The van der Waals surface area contributed by atoms with Crippen molar-refractivity contribution in [3.8, 4) is 0 Å². The first-order chi connectivity index (χ1) is 17.7. The Morgan fingerprint density at radius 2 is 0.806 bits per heavy atom. The Balaban J connectivity index is 1.70. The molecule has 0 N–H and O–H groups in total. The molecule has 2 fully saturated rings. The lowest BCUT2D eigenvalue weighted by Crippen LogP contribution is -2.45. The van der Waals surface area contributed by atoms with E-state index in [2.05, 4.69) is 0 Å². The molecule has 4 atom stereocenters. The lowest BCUT2D eigenvalue weighted by atomic mass is 9.65. The molecule has 4 unspecified atom stereocenters. The number of Topliss-reactive ketones (excluding diaryl/α,β-unsaturated/α-hetero) is 1. The van der Waals surface area contributed by atoms with Gasteiger partial charge in [-0.2, -0.15) is 0 Å². The molecule has 3 aliphatic rings. The summed E-state index contributed by atoms with van der Waals surface area (Å²) in [6.45, 7) is 0. The van der Waals surface area contributed by atoms with Gasteiger partial charge in [-0.1, -0.05) is 121 Å². The van der Waals surface area contributed by atoms with Crippen LogP contribution in [-0.2, 0) is 25.1 Å². The molecule has 2 bridgehead atoms. The van der Waals surface area contributed by atoms with E-state index in [1.807, 2.05) is 121 Å². The van der Waals surface area contributed by atoms with Gasteiger partial charge in [0.25, 0.3) is 0 Å². The van der Waals surface area contributed by atoms with Gasteiger partial charge in [0, 0.05) is 0 Å². The van der Waals surface area contributed by atoms with Gasteiger partial charge >= 0.3 is 6.16 Å². The molecule has 7 rings (SSSR count). The second kappa shape index (κ2) is 7.53. The summed E-state index contributed by atoms with van der Waals surface area (Å²) in [6.07, 6.45) is -2.31. The molecule has 4 nitrogen and oxygen atoms in total. The van der Waals surface area contributed by atoms with E-state index in [9.17, 15) is 4.79 Å². The van der Waals surface area contributed by atoms with Crippen molar-refractivity contribution in [2.24, 2.45) is 0 Å². The largest absolute Gasteiger partial charge is 0.509 e. The van der Waals surface area contributed by atoms with Gasteiger partial charge in [-0.3, -0.25) is 4.79 Å². The van der Waals surface area contributed by atoms with E-state index in [4.69, 9.17) is 9.47 Å². The number of ketones is 1. The lowest BCUT2D eigenvalue weighted by Gasteiger charge is -2.38. The van der Waals surface area contributed by atoms with E-state index in [0.717, 1.165) is 33.4 Å². The molecule has 4 aromatic rings. The number of rotatable bonds is 4. The summed E-state index contributed by atoms with van der Waals surface area (Å²) in [5, 5.41) is 0. The Morgan fingerprint density at radius 1 is 0.472 bits per heavy atom. The lowest BCUT2D eigenvalue weighted by molar-refractivity contribution is -0.124. The van der Waals surface area contributed by atoms with E-state index in [1.165, 1.54) is 0 Å². The van der Waals surface area contributed by atoms with Crippen molar-refractivity contribution in [3.05, 3.63) is 144 Å². The van der Waals surface area contributed by atoms with Crippen molar-refractivity contribution in [2.75, 3.05) is 0 Å². The molecule has 36 heavy (non-hydrogen) atoms. The SMILES string of the molecule is O=C1OC2C(O1)C1(c3ccccc3)C(=O)C2(c2ccccc2)C(c2ccccc2)=C1c1ccccc1. The van der Waals surface area contributed by atoms with Crippen molar-refractivity contribution in [2.45, 2.75) is 23.0 Å². The summed E-state index contributed by atoms with van der Waals surface area (Å²) in [5.74, 6) is -0.0207. The highest BCUT2D eigenvalue weighted by Crippen LogP contribution is 2.70. The van der Waals surface area contributed by atoms with E-state index in [0.29, 0.717) is 0 Å². The Morgan fingerprint density at radius 3 is 1.17 bits per heavy atom. The Hall–Kier alpha value is -4.44. The standard InChI is InChI=1S/C32H22O4/c33-29-31(23-17-9-3-10-18-23)25(21-13-5-1-6-14-21)26(22-15-7-2-8-16-22)32(29,24-19-11-4-12-20-24)28-27(31)35-30(34)36-28/h1-20,27-28H. The smallest absolute Gasteiger partial charge is 0.425 e. The zero-order chi connectivity index (χ0) is 24.3. The molecule has 1 saturated heterocycles. The first-order valence-corrected chi connectivity index (χ1v) is 12.1. The number of carbonyl (C=O) groups is 2. The maximum absolute atomic E-state index is 15.2. The number of fused-ring (bicyclic) bond motifs is 5. The Bertz CT molecular complexity index is 1400. The summed E-state index contributed by atoms with van der Waals surface area (Å²) in [6, 6.07) is 39.3. The topological polar surface area (TPSA) is 52.6 Å². The van der Waals surface area contributed by atoms with Gasteiger partial charge in [0.05, 0.1) is 0 Å². The van der Waals surface area contributed by atoms with Crippen molar-refractivity contribution < 1.29 is 19.1 Å². The van der Waals surface area contributed by atoms with Gasteiger partial charge in [0.2, 0.25) is 0 Å². The van der Waals surface area contributed by atoms with E-state index in [-0.39, 0.29) is 5.78 Å². The van der Waals surface area contributed by atoms with Crippen molar-refractivity contribution in [3.63, 3.8) is 0 Å². The fraction of sp³-hybridized carbons (Fsp3) is 0.125. The second-order valence-electron chi connectivity index (χ2n) is 9.49. The molecule has 1 aliphatic heterocycles. The van der Waals surface area contributed by atoms with Crippen molar-refractivity contribution >= 4 is 23.1 Å². The summed E-state index contributed by atoms with van der Waals surface area (Å²) in [7, 11) is 0. The first-order valence-electron chi connectivity index (χ1n) is 12.1. The minimum atomic E-state index is -1.22. The number of ether oxygens (including phenoxy) is 2. The summed E-state index contributed by atoms with van der Waals surface area (Å²) >= 11 is 0. The molecular weight excluding hydrogens is 448 g/mol. The van der Waals surface area contributed by atoms with Crippen LogP contribution in [0.5, 0.6) is 0 Å². The first kappa shape index (κ1) is 20.9. The summed E-state index contributed by atoms with van der Waals surface area (Å²) in [5.41, 5.74) is 2.74. The van der Waals surface area contributed by atoms with Crippen molar-refractivity contribution in [1.82, 2.24) is 0 Å². The molecular formula is C32H22O4. The molecule has 1 saturated carbocycles. The molecule has 0 aromatic heterocycles. The molecule has 2 aliphatic carbocycles. The van der Waals surface area contributed by atoms with Crippen LogP contribution in [-0.4, -0.2) is 24.1 Å². The normalized spacial score (nSPS) is 28.1. The van der Waals surface area contributed by atoms with Crippen LogP contribution < -0.4 is 0 Å². The van der Waals surface area contributed by atoms with Crippen molar-refractivity contribution in [1.29, 1.82) is 0 Å². The minimum Gasteiger partial charge on any atom is -0.425 e. The molecule has 174 valence electrons. The van der Waals surface area contributed by atoms with E-state index < -0.39 is 29.2 Å². The third-order valence-electron chi connectivity index (χ3n) is 7.91. The van der Waals surface area contributed by atoms with Crippen LogP contribution in [0.15, 0.2) is 121 Å². The molecule has 0 radical (unpaired) electrons. The Labute approximate surface area is 208 Å². The zero-order valence-corrected chi connectivity index (χ0v) is 19.3. The Kier molecular flexibility index (Phi) is 4.37. The van der Waals surface area contributed by atoms with E-state index in [1.54, 1.807) is 0 Å². The fourth-order valence-electron chi connectivity index (χ4n) is 6.70.